The van der Waals surface area contributed by atoms with E-state index in [1.807, 2.05) is 18.7 Å². The highest BCUT2D eigenvalue weighted by molar-refractivity contribution is 5.92. The fourth-order valence-corrected chi connectivity index (χ4v) is 2.88. The van der Waals surface area contributed by atoms with Gasteiger partial charge in [0.2, 0.25) is 0 Å². The third-order valence-corrected chi connectivity index (χ3v) is 4.10. The molecule has 114 valence electrons. The van der Waals surface area contributed by atoms with E-state index >= 15 is 0 Å². The number of halogens is 1. The molecule has 1 aromatic rings. The lowest BCUT2D eigenvalue weighted by Crippen LogP contribution is -2.47. The maximum atomic E-state index is 14.6. The van der Waals surface area contributed by atoms with E-state index in [1.54, 1.807) is 6.07 Å². The average molecular weight is 294 g/mol. The maximum Gasteiger partial charge on any atom is 0.338 e. The minimum Gasteiger partial charge on any atom is -0.478 e. The number of hydrogen-bond acceptors (Lipinski definition) is 4. The van der Waals surface area contributed by atoms with Crippen molar-refractivity contribution < 1.29 is 19.0 Å². The molecule has 3 rings (SSSR count). The van der Waals surface area contributed by atoms with Crippen molar-refractivity contribution in [2.45, 2.75) is 32.5 Å². The Morgan fingerprint density at radius 1 is 1.57 bits per heavy atom. The van der Waals surface area contributed by atoms with E-state index in [9.17, 15) is 9.18 Å². The van der Waals surface area contributed by atoms with Crippen LogP contribution in [0.5, 0.6) is 0 Å². The third-order valence-electron chi connectivity index (χ3n) is 4.10. The Bertz CT molecular complexity index is 572. The highest BCUT2D eigenvalue weighted by atomic mass is 19.1. The van der Waals surface area contributed by atoms with E-state index in [1.165, 1.54) is 6.07 Å². The predicted octanol–water partition coefficient (Wildman–Crippen LogP) is 2.53. The van der Waals surface area contributed by atoms with Gasteiger partial charge in [-0.3, -0.25) is 0 Å². The van der Waals surface area contributed by atoms with E-state index in [0.29, 0.717) is 17.9 Å². The van der Waals surface area contributed by atoms with Gasteiger partial charge in [-0.25, -0.2) is 9.18 Å². The molecule has 0 bridgehead atoms. The van der Waals surface area contributed by atoms with E-state index in [4.69, 9.17) is 9.84 Å². The Labute approximate surface area is 122 Å². The molecule has 0 amide bonds. The summed E-state index contributed by atoms with van der Waals surface area (Å²) in [5, 5.41) is 12.4. The van der Waals surface area contributed by atoms with Crippen molar-refractivity contribution in [1.82, 2.24) is 0 Å². The summed E-state index contributed by atoms with van der Waals surface area (Å²) < 4.78 is 20.0. The van der Waals surface area contributed by atoms with Gasteiger partial charge in [0.15, 0.2) is 5.82 Å². The number of fused-ring (bicyclic) bond motifs is 1. The molecular formula is C15H19FN2O3. The van der Waals surface area contributed by atoms with Crippen LogP contribution in [0, 0.1) is 11.7 Å². The molecule has 0 aromatic heterocycles. The van der Waals surface area contributed by atoms with E-state index < -0.39 is 11.8 Å². The van der Waals surface area contributed by atoms with Crippen molar-refractivity contribution in [2.24, 2.45) is 5.92 Å². The molecule has 1 saturated heterocycles. The zero-order valence-electron chi connectivity index (χ0n) is 12.1. The molecule has 2 N–H and O–H groups in total. The number of carboxylic acids is 1. The van der Waals surface area contributed by atoms with Crippen LogP contribution in [0.15, 0.2) is 12.1 Å². The van der Waals surface area contributed by atoms with Gasteiger partial charge in [-0.1, -0.05) is 13.8 Å². The second-order valence-corrected chi connectivity index (χ2v) is 5.90. The Balaban J connectivity index is 2.00. The van der Waals surface area contributed by atoms with Crippen molar-refractivity contribution in [2.75, 3.05) is 23.4 Å². The first kappa shape index (κ1) is 14.1. The molecule has 2 aliphatic rings. The molecule has 6 heteroatoms. The van der Waals surface area contributed by atoms with Gasteiger partial charge in [-0.05, 0) is 24.5 Å². The van der Waals surface area contributed by atoms with Crippen molar-refractivity contribution in [3.05, 3.63) is 23.5 Å². The van der Waals surface area contributed by atoms with Crippen LogP contribution >= 0.6 is 0 Å². The van der Waals surface area contributed by atoms with Gasteiger partial charge < -0.3 is 20.1 Å². The Hall–Kier alpha value is -1.82. The molecule has 1 unspecified atom stereocenters. The first-order valence-corrected chi connectivity index (χ1v) is 7.19. The summed E-state index contributed by atoms with van der Waals surface area (Å²) in [5.41, 5.74) is 0.708. The zero-order valence-corrected chi connectivity index (χ0v) is 12.1. The maximum absolute atomic E-state index is 14.6. The van der Waals surface area contributed by atoms with Crippen LogP contribution in [0.2, 0.25) is 0 Å². The standard InChI is InChI=1S/C15H19FN2O3/c1-8(2)14-17-11-4-3-10(15(19)20)12(16)13(11)18(14)7-9-5-6-21-9/h3-4,8-9,14,17H,5-7H2,1-2H3,(H,19,20)/t9-,14?/m0/s1. The number of carbonyl (C=O) groups is 1. The minimum absolute atomic E-state index is 0.0530. The largest absolute Gasteiger partial charge is 0.478 e. The first-order valence-electron chi connectivity index (χ1n) is 7.19. The first-order chi connectivity index (χ1) is 9.99. The topological polar surface area (TPSA) is 61.8 Å². The average Bonchev–Trinajstić information content (AvgIpc) is 2.73. The lowest BCUT2D eigenvalue weighted by molar-refractivity contribution is -0.0453. The second kappa shape index (κ2) is 5.18. The van der Waals surface area contributed by atoms with Gasteiger partial charge in [0.05, 0.1) is 23.0 Å². The summed E-state index contributed by atoms with van der Waals surface area (Å²) in [7, 11) is 0. The molecular weight excluding hydrogens is 275 g/mol. The molecule has 0 radical (unpaired) electrons. The van der Waals surface area contributed by atoms with Crippen LogP contribution in [0.1, 0.15) is 30.6 Å². The van der Waals surface area contributed by atoms with Crippen LogP contribution in [-0.2, 0) is 4.74 Å². The van der Waals surface area contributed by atoms with Crippen molar-refractivity contribution in [3.8, 4) is 0 Å². The van der Waals surface area contributed by atoms with Crippen molar-refractivity contribution in [3.63, 3.8) is 0 Å². The second-order valence-electron chi connectivity index (χ2n) is 5.90. The van der Waals surface area contributed by atoms with Gasteiger partial charge in [0.25, 0.3) is 0 Å². The summed E-state index contributed by atoms with van der Waals surface area (Å²) >= 11 is 0. The number of ether oxygens (including phenoxy) is 1. The number of carboxylic acid groups (broad SMARTS) is 1. The van der Waals surface area contributed by atoms with Crippen LogP contribution in [-0.4, -0.2) is 36.5 Å². The van der Waals surface area contributed by atoms with Crippen molar-refractivity contribution >= 4 is 17.3 Å². The molecule has 2 atom stereocenters. The molecule has 0 saturated carbocycles. The van der Waals surface area contributed by atoms with Gasteiger partial charge in [0, 0.05) is 13.2 Å². The summed E-state index contributed by atoms with van der Waals surface area (Å²) in [6.07, 6.45) is 0.992. The van der Waals surface area contributed by atoms with Gasteiger partial charge >= 0.3 is 5.97 Å². The number of nitrogens with zero attached hydrogens (tertiary/aromatic N) is 1. The minimum atomic E-state index is -1.25. The molecule has 21 heavy (non-hydrogen) atoms. The third kappa shape index (κ3) is 2.33. The van der Waals surface area contributed by atoms with Crippen LogP contribution in [0.4, 0.5) is 15.8 Å². The molecule has 1 aromatic carbocycles. The predicted molar refractivity (Wildman–Crippen MR) is 77.3 cm³/mol. The molecule has 0 spiro atoms. The SMILES string of the molecule is CC(C)C1Nc2ccc(C(=O)O)c(F)c2N1C[C@@H]1CCO1. The Morgan fingerprint density at radius 3 is 2.81 bits per heavy atom. The number of anilines is 2. The highest BCUT2D eigenvalue weighted by Gasteiger charge is 2.37. The van der Waals surface area contributed by atoms with Gasteiger partial charge in [0.1, 0.15) is 6.17 Å². The van der Waals surface area contributed by atoms with Gasteiger partial charge in [-0.15, -0.1) is 0 Å². The number of benzene rings is 1. The normalized spacial score (nSPS) is 23.7. The molecule has 2 aliphatic heterocycles. The fraction of sp³-hybridized carbons (Fsp3) is 0.533. The van der Waals surface area contributed by atoms with Gasteiger partial charge in [-0.2, -0.15) is 0 Å². The molecule has 1 fully saturated rings. The summed E-state index contributed by atoms with van der Waals surface area (Å²) in [4.78, 5) is 13.0. The zero-order chi connectivity index (χ0) is 15.1. The monoisotopic (exact) mass is 294 g/mol. The Morgan fingerprint density at radius 2 is 2.29 bits per heavy atom. The Kier molecular flexibility index (Phi) is 3.49. The van der Waals surface area contributed by atoms with E-state index in [-0.39, 0.29) is 23.8 Å². The summed E-state index contributed by atoms with van der Waals surface area (Å²) in [6.45, 7) is 5.41. The van der Waals surface area contributed by atoms with E-state index in [0.717, 1.165) is 13.0 Å². The van der Waals surface area contributed by atoms with E-state index in [2.05, 4.69) is 5.32 Å². The number of aromatic carboxylic acids is 1. The summed E-state index contributed by atoms with van der Waals surface area (Å²) in [6, 6.07) is 2.95. The lowest BCUT2D eigenvalue weighted by Gasteiger charge is -2.36. The number of hydrogen-bond donors (Lipinski definition) is 2. The fourth-order valence-electron chi connectivity index (χ4n) is 2.88. The lowest BCUT2D eigenvalue weighted by atomic mass is 10.1. The molecule has 5 nitrogen and oxygen atoms in total. The number of nitrogens with one attached hydrogen (secondary N) is 1. The summed E-state index contributed by atoms with van der Waals surface area (Å²) in [5.74, 6) is -1.66. The smallest absolute Gasteiger partial charge is 0.338 e. The van der Waals surface area contributed by atoms with Crippen LogP contribution in [0.25, 0.3) is 0 Å². The van der Waals surface area contributed by atoms with Crippen molar-refractivity contribution in [1.29, 1.82) is 0 Å². The quantitative estimate of drug-likeness (QED) is 0.893. The van der Waals surface area contributed by atoms with Crippen LogP contribution in [0.3, 0.4) is 0 Å². The number of rotatable bonds is 4. The van der Waals surface area contributed by atoms with Crippen LogP contribution < -0.4 is 10.2 Å². The highest BCUT2D eigenvalue weighted by Crippen LogP contribution is 2.41. The molecule has 0 aliphatic carbocycles. The molecule has 2 heterocycles.